The molecule has 2 aromatic carbocycles. The van der Waals surface area contributed by atoms with E-state index in [1.54, 1.807) is 44.2 Å². The van der Waals surface area contributed by atoms with Crippen LogP contribution in [0, 0.1) is 12.8 Å². The van der Waals surface area contributed by atoms with Crippen LogP contribution in [-0.4, -0.2) is 42.2 Å². The summed E-state index contributed by atoms with van der Waals surface area (Å²) in [6.45, 7) is 4.67. The van der Waals surface area contributed by atoms with E-state index in [2.05, 4.69) is 4.74 Å². The number of hydrazine groups is 2. The lowest BCUT2D eigenvalue weighted by molar-refractivity contribution is -0.154. The molecule has 0 aliphatic heterocycles. The molecular formula is C23H27ClN4O6. The molecule has 0 saturated heterocycles. The summed E-state index contributed by atoms with van der Waals surface area (Å²) in [7, 11) is 1.36. The first-order valence-electron chi connectivity index (χ1n) is 10.3. The van der Waals surface area contributed by atoms with Gasteiger partial charge in [-0.2, -0.15) is 0 Å². The first-order chi connectivity index (χ1) is 16.0. The van der Waals surface area contributed by atoms with Crippen molar-refractivity contribution in [1.82, 2.24) is 5.01 Å². The van der Waals surface area contributed by atoms with Crippen LogP contribution in [0.4, 0.5) is 10.5 Å². The Bertz CT molecular complexity index is 1100. The highest BCUT2D eigenvalue weighted by molar-refractivity contribution is 6.39. The highest BCUT2D eigenvalue weighted by Crippen LogP contribution is 2.29. The summed E-state index contributed by atoms with van der Waals surface area (Å²) in [5.41, 5.74) is 1.62. The third-order valence-corrected chi connectivity index (χ3v) is 5.31. The maximum atomic E-state index is 12.7. The molecule has 0 saturated carbocycles. The largest absolute Gasteiger partial charge is 0.488 e. The second-order valence-corrected chi connectivity index (χ2v) is 7.85. The SMILES string of the molecule is CCOC(=O)C(=O)C(C)C(=O)c1ccc(OCc2c(Cl)cccc2N(N)C(=O)N(C)N)c(C)c1. The minimum Gasteiger partial charge on any atom is -0.488 e. The highest BCUT2D eigenvalue weighted by atomic mass is 35.5. The summed E-state index contributed by atoms with van der Waals surface area (Å²) in [6, 6.07) is 8.83. The molecule has 34 heavy (non-hydrogen) atoms. The van der Waals surface area contributed by atoms with Crippen molar-refractivity contribution in [2.24, 2.45) is 17.6 Å². The average molecular weight is 491 g/mol. The van der Waals surface area contributed by atoms with E-state index in [4.69, 9.17) is 28.0 Å². The van der Waals surface area contributed by atoms with Crippen LogP contribution in [0.15, 0.2) is 36.4 Å². The van der Waals surface area contributed by atoms with Gasteiger partial charge >= 0.3 is 12.0 Å². The number of rotatable bonds is 9. The molecule has 2 aromatic rings. The molecule has 11 heteroatoms. The zero-order valence-corrected chi connectivity index (χ0v) is 20.1. The van der Waals surface area contributed by atoms with E-state index in [1.807, 2.05) is 0 Å². The number of anilines is 1. The number of carbonyl (C=O) groups is 4. The van der Waals surface area contributed by atoms with Gasteiger partial charge in [0.15, 0.2) is 5.78 Å². The summed E-state index contributed by atoms with van der Waals surface area (Å²) in [4.78, 5) is 48.6. The maximum Gasteiger partial charge on any atom is 0.375 e. The van der Waals surface area contributed by atoms with Crippen LogP contribution < -0.4 is 21.4 Å². The maximum absolute atomic E-state index is 12.7. The zero-order chi connectivity index (χ0) is 25.6. The fourth-order valence-electron chi connectivity index (χ4n) is 3.05. The topological polar surface area (TPSA) is 145 Å². The minimum absolute atomic E-state index is 0.0316. The van der Waals surface area contributed by atoms with E-state index in [-0.39, 0.29) is 18.8 Å². The molecule has 0 radical (unpaired) electrons. The van der Waals surface area contributed by atoms with Gasteiger partial charge < -0.3 is 9.47 Å². The van der Waals surface area contributed by atoms with Gasteiger partial charge in [-0.1, -0.05) is 17.7 Å². The van der Waals surface area contributed by atoms with Gasteiger partial charge in [-0.05, 0) is 56.7 Å². The number of aryl methyl sites for hydroxylation is 1. The van der Waals surface area contributed by atoms with Gasteiger partial charge in [0.25, 0.3) is 5.78 Å². The lowest BCUT2D eigenvalue weighted by Gasteiger charge is -2.24. The molecule has 0 aliphatic rings. The van der Waals surface area contributed by atoms with Crippen molar-refractivity contribution >= 4 is 40.9 Å². The van der Waals surface area contributed by atoms with Gasteiger partial charge in [-0.3, -0.25) is 14.6 Å². The number of hydrogen-bond donors (Lipinski definition) is 2. The molecule has 2 amide bonds. The monoisotopic (exact) mass is 490 g/mol. The van der Waals surface area contributed by atoms with Gasteiger partial charge in [0.05, 0.1) is 18.2 Å². The van der Waals surface area contributed by atoms with Crippen molar-refractivity contribution in [2.45, 2.75) is 27.4 Å². The Kier molecular flexibility index (Phi) is 9.13. The fraction of sp³-hybridized carbons (Fsp3) is 0.304. The van der Waals surface area contributed by atoms with Crippen LogP contribution in [0.3, 0.4) is 0 Å². The quantitative estimate of drug-likeness (QED) is 0.104. The molecule has 1 unspecified atom stereocenters. The summed E-state index contributed by atoms with van der Waals surface area (Å²) in [5, 5.41) is 2.02. The van der Waals surface area contributed by atoms with Crippen LogP contribution in [0.25, 0.3) is 0 Å². The second kappa shape index (κ2) is 11.6. The Balaban J connectivity index is 2.21. The molecular weight excluding hydrogens is 464 g/mol. The summed E-state index contributed by atoms with van der Waals surface area (Å²) in [6.07, 6.45) is 0. The van der Waals surface area contributed by atoms with E-state index >= 15 is 0 Å². The number of Topliss-reactive ketones (excluding diaryl/α,β-unsaturated/α-hetero) is 2. The van der Waals surface area contributed by atoms with E-state index in [1.165, 1.54) is 20.0 Å². The number of ether oxygens (including phenoxy) is 2. The Hall–Kier alpha value is -3.47. The average Bonchev–Trinajstić information content (AvgIpc) is 2.81. The van der Waals surface area contributed by atoms with Crippen LogP contribution in [-0.2, 0) is 20.9 Å². The lowest BCUT2D eigenvalue weighted by atomic mass is 9.94. The predicted octanol–water partition coefficient (Wildman–Crippen LogP) is 2.78. The molecule has 0 fully saturated rings. The summed E-state index contributed by atoms with van der Waals surface area (Å²) < 4.78 is 10.5. The van der Waals surface area contributed by atoms with Gasteiger partial charge in [-0.15, -0.1) is 0 Å². The Morgan fingerprint density at radius 1 is 1.12 bits per heavy atom. The van der Waals surface area contributed by atoms with Crippen molar-refractivity contribution < 1.29 is 28.7 Å². The summed E-state index contributed by atoms with van der Waals surface area (Å²) in [5.74, 6) is 8.20. The second-order valence-electron chi connectivity index (χ2n) is 7.44. The van der Waals surface area contributed by atoms with Gasteiger partial charge in [-0.25, -0.2) is 26.3 Å². The third kappa shape index (κ3) is 6.10. The van der Waals surface area contributed by atoms with Crippen molar-refractivity contribution in [3.63, 3.8) is 0 Å². The smallest absolute Gasteiger partial charge is 0.375 e. The van der Waals surface area contributed by atoms with Crippen LogP contribution in [0.1, 0.15) is 35.3 Å². The number of nitrogens with zero attached hydrogens (tertiary/aromatic N) is 2. The number of esters is 1. The number of nitrogens with two attached hydrogens (primary N) is 2. The van der Waals surface area contributed by atoms with E-state index in [0.29, 0.717) is 27.6 Å². The van der Waals surface area contributed by atoms with Crippen molar-refractivity contribution in [1.29, 1.82) is 0 Å². The Morgan fingerprint density at radius 3 is 2.38 bits per heavy atom. The normalized spacial score (nSPS) is 11.4. The molecule has 10 nitrogen and oxygen atoms in total. The number of benzene rings is 2. The third-order valence-electron chi connectivity index (χ3n) is 4.96. The molecule has 182 valence electrons. The van der Waals surface area contributed by atoms with Crippen LogP contribution in [0.5, 0.6) is 5.75 Å². The van der Waals surface area contributed by atoms with Gasteiger partial charge in [0.2, 0.25) is 0 Å². The lowest BCUT2D eigenvalue weighted by Crippen LogP contribution is -2.49. The predicted molar refractivity (Wildman–Crippen MR) is 126 cm³/mol. The molecule has 4 N–H and O–H groups in total. The number of ketones is 2. The fourth-order valence-corrected chi connectivity index (χ4v) is 3.28. The number of halogens is 1. The number of hydrogen-bond acceptors (Lipinski definition) is 8. The van der Waals surface area contributed by atoms with Crippen molar-refractivity contribution in [2.75, 3.05) is 18.7 Å². The van der Waals surface area contributed by atoms with Gasteiger partial charge in [0.1, 0.15) is 12.4 Å². The number of urea groups is 1. The standard InChI is InChI=1S/C23H27ClN4O6/c1-5-33-22(31)21(30)14(3)20(29)15-9-10-19(13(2)11-15)34-12-16-17(24)7-6-8-18(16)28(26)23(32)27(4)25/h6-11,14H,5,12,25-26H2,1-4H3. The molecule has 0 aromatic heterocycles. The van der Waals surface area contributed by atoms with E-state index in [9.17, 15) is 19.2 Å². The molecule has 0 heterocycles. The van der Waals surface area contributed by atoms with Crippen LogP contribution >= 0.6 is 11.6 Å². The van der Waals surface area contributed by atoms with Crippen LogP contribution in [0.2, 0.25) is 5.02 Å². The number of amides is 2. The molecule has 1 atom stereocenters. The molecule has 0 bridgehead atoms. The van der Waals surface area contributed by atoms with E-state index in [0.717, 1.165) is 10.0 Å². The molecule has 2 rings (SSSR count). The number of carbonyl (C=O) groups excluding carboxylic acids is 4. The van der Waals surface area contributed by atoms with Crippen molar-refractivity contribution in [3.8, 4) is 5.75 Å². The first kappa shape index (κ1) is 26.8. The molecule has 0 aliphatic carbocycles. The van der Waals surface area contributed by atoms with Gasteiger partial charge in [0, 0.05) is 23.2 Å². The van der Waals surface area contributed by atoms with E-state index < -0.39 is 29.5 Å². The Morgan fingerprint density at radius 2 is 1.79 bits per heavy atom. The first-order valence-corrected chi connectivity index (χ1v) is 10.7. The van der Waals surface area contributed by atoms with Crippen molar-refractivity contribution in [3.05, 3.63) is 58.1 Å². The summed E-state index contributed by atoms with van der Waals surface area (Å²) >= 11 is 6.31. The zero-order valence-electron chi connectivity index (χ0n) is 19.3. The Labute approximate surface area is 202 Å². The highest BCUT2D eigenvalue weighted by Gasteiger charge is 2.29. The molecule has 0 spiro atoms. The minimum atomic E-state index is -1.18.